The summed E-state index contributed by atoms with van der Waals surface area (Å²) in [4.78, 5) is 32.3. The first-order valence-corrected chi connectivity index (χ1v) is 12.2. The summed E-state index contributed by atoms with van der Waals surface area (Å²) in [5, 5.41) is 14.9. The van der Waals surface area contributed by atoms with Crippen LogP contribution in [0.2, 0.25) is 0 Å². The van der Waals surface area contributed by atoms with Crippen molar-refractivity contribution in [3.63, 3.8) is 0 Å². The zero-order chi connectivity index (χ0) is 24.8. The smallest absolute Gasteiger partial charge is 0.273 e. The van der Waals surface area contributed by atoms with Crippen LogP contribution in [-0.4, -0.2) is 71.5 Å². The molecule has 0 atom stereocenters. The lowest BCUT2D eigenvalue weighted by Crippen LogP contribution is -2.48. The maximum Gasteiger partial charge on any atom is 0.273 e. The molecule has 1 fully saturated rings. The molecule has 2 aromatic carbocycles. The predicted octanol–water partition coefficient (Wildman–Crippen LogP) is 2.91. The van der Waals surface area contributed by atoms with Crippen molar-refractivity contribution >= 4 is 28.3 Å². The molecule has 1 N–H and O–H groups in total. The second-order valence-corrected chi connectivity index (χ2v) is 9.09. The molecule has 0 radical (unpaired) electrons. The minimum absolute atomic E-state index is 0.0444. The molecule has 0 bridgehead atoms. The molecule has 4 rings (SSSR count). The molecule has 10 nitrogen and oxygen atoms in total. The molecule has 1 aromatic heterocycles. The van der Waals surface area contributed by atoms with Gasteiger partial charge in [-0.2, -0.15) is 4.37 Å². The number of aromatic nitrogens is 2. The van der Waals surface area contributed by atoms with E-state index in [0.29, 0.717) is 30.6 Å². The second-order valence-electron chi connectivity index (χ2n) is 8.36. The van der Waals surface area contributed by atoms with Crippen molar-refractivity contribution in [3.05, 3.63) is 75.1 Å². The average molecular weight is 497 g/mol. The van der Waals surface area contributed by atoms with Gasteiger partial charge in [0.25, 0.3) is 11.6 Å². The van der Waals surface area contributed by atoms with Crippen molar-refractivity contribution in [2.45, 2.75) is 13.3 Å². The fourth-order valence-corrected chi connectivity index (χ4v) is 4.69. The molecule has 0 spiro atoms. The zero-order valence-corrected chi connectivity index (χ0v) is 20.6. The molecule has 0 aliphatic carbocycles. The van der Waals surface area contributed by atoms with E-state index in [1.54, 1.807) is 26.2 Å². The lowest BCUT2D eigenvalue weighted by Gasteiger charge is -2.34. The highest BCUT2D eigenvalue weighted by molar-refractivity contribution is 7.09. The van der Waals surface area contributed by atoms with E-state index in [1.807, 2.05) is 24.3 Å². The first kappa shape index (κ1) is 24.6. The normalized spacial score (nSPS) is 14.1. The molecule has 0 unspecified atom stereocenters. The lowest BCUT2D eigenvalue weighted by molar-refractivity contribution is -0.385. The standard InChI is InChI=1S/C24H28N6O4S/c1-17-6-7-19(16-21(17)30(32)33)23(31)25-8-9-28-10-12-29(13-11-28)24-26-22(27-35-24)15-18-4-3-5-20(14-18)34-2/h3-7,14,16H,8-13,15H2,1-2H3,(H,25,31). The van der Waals surface area contributed by atoms with Crippen molar-refractivity contribution in [3.8, 4) is 5.75 Å². The minimum Gasteiger partial charge on any atom is -0.497 e. The largest absolute Gasteiger partial charge is 0.497 e. The van der Waals surface area contributed by atoms with E-state index in [9.17, 15) is 14.9 Å². The Bertz CT molecular complexity index is 1190. The van der Waals surface area contributed by atoms with Crippen molar-refractivity contribution in [1.29, 1.82) is 0 Å². The number of anilines is 1. The molecule has 184 valence electrons. The monoisotopic (exact) mass is 496 g/mol. The molecule has 2 heterocycles. The fraction of sp³-hybridized carbons (Fsp3) is 0.375. The van der Waals surface area contributed by atoms with Gasteiger partial charge in [-0.1, -0.05) is 18.2 Å². The summed E-state index contributed by atoms with van der Waals surface area (Å²) in [5.74, 6) is 1.33. The van der Waals surface area contributed by atoms with E-state index >= 15 is 0 Å². The second kappa shape index (κ2) is 11.2. The highest BCUT2D eigenvalue weighted by Gasteiger charge is 2.21. The van der Waals surface area contributed by atoms with Crippen molar-refractivity contribution in [2.75, 3.05) is 51.3 Å². The number of nitrogens with zero attached hydrogens (tertiary/aromatic N) is 5. The number of carbonyl (C=O) groups is 1. The van der Waals surface area contributed by atoms with E-state index in [-0.39, 0.29) is 11.6 Å². The quantitative estimate of drug-likeness (QED) is 0.355. The summed E-state index contributed by atoms with van der Waals surface area (Å²) in [5.41, 5.74) is 1.90. The van der Waals surface area contributed by atoms with Gasteiger partial charge < -0.3 is 15.0 Å². The van der Waals surface area contributed by atoms with Crippen molar-refractivity contribution in [2.24, 2.45) is 0 Å². The minimum atomic E-state index is -0.467. The molecular weight excluding hydrogens is 468 g/mol. The maximum absolute atomic E-state index is 12.4. The van der Waals surface area contributed by atoms with E-state index in [2.05, 4.69) is 19.5 Å². The average Bonchev–Trinajstić information content (AvgIpc) is 3.33. The first-order valence-electron chi connectivity index (χ1n) is 11.4. The Kier molecular flexibility index (Phi) is 7.88. The third-order valence-corrected chi connectivity index (χ3v) is 6.79. The number of hydrogen-bond acceptors (Lipinski definition) is 9. The van der Waals surface area contributed by atoms with E-state index in [4.69, 9.17) is 9.72 Å². The Labute approximate surface area is 207 Å². The molecule has 0 saturated carbocycles. The number of nitro benzene ring substituents is 1. The summed E-state index contributed by atoms with van der Waals surface area (Å²) in [6, 6.07) is 12.5. The van der Waals surface area contributed by atoms with Gasteiger partial charge >= 0.3 is 0 Å². The molecule has 3 aromatic rings. The number of rotatable bonds is 9. The Morgan fingerprint density at radius 2 is 2.00 bits per heavy atom. The number of ether oxygens (including phenoxy) is 1. The number of amides is 1. The van der Waals surface area contributed by atoms with Crippen LogP contribution in [0.25, 0.3) is 0 Å². The summed E-state index contributed by atoms with van der Waals surface area (Å²) in [6.07, 6.45) is 0.664. The van der Waals surface area contributed by atoms with Crippen molar-refractivity contribution in [1.82, 2.24) is 19.6 Å². The Balaban J connectivity index is 1.22. The molecular formula is C24H28N6O4S. The molecule has 1 aliphatic heterocycles. The number of piperazine rings is 1. The molecule has 1 amide bonds. The van der Waals surface area contributed by atoms with Crippen LogP contribution in [0.15, 0.2) is 42.5 Å². The van der Waals surface area contributed by atoms with Gasteiger partial charge in [0, 0.05) is 74.4 Å². The van der Waals surface area contributed by atoms with Gasteiger partial charge in [0.1, 0.15) is 11.6 Å². The summed E-state index contributed by atoms with van der Waals surface area (Å²) >= 11 is 1.42. The van der Waals surface area contributed by atoms with Crippen LogP contribution in [0.4, 0.5) is 10.8 Å². The van der Waals surface area contributed by atoms with Gasteiger partial charge in [0.15, 0.2) is 0 Å². The highest BCUT2D eigenvalue weighted by atomic mass is 32.1. The zero-order valence-electron chi connectivity index (χ0n) is 19.8. The Morgan fingerprint density at radius 1 is 1.20 bits per heavy atom. The van der Waals surface area contributed by atoms with E-state index in [1.165, 1.54) is 17.6 Å². The third-order valence-electron chi connectivity index (χ3n) is 5.98. The summed E-state index contributed by atoms with van der Waals surface area (Å²) < 4.78 is 9.81. The Hall–Kier alpha value is -3.57. The number of nitro groups is 1. The number of hydrogen-bond donors (Lipinski definition) is 1. The first-order chi connectivity index (χ1) is 16.9. The topological polar surface area (TPSA) is 114 Å². The van der Waals surface area contributed by atoms with Crippen LogP contribution in [0, 0.1) is 17.0 Å². The number of benzene rings is 2. The van der Waals surface area contributed by atoms with Crippen LogP contribution < -0.4 is 15.0 Å². The van der Waals surface area contributed by atoms with E-state index < -0.39 is 4.92 Å². The number of aryl methyl sites for hydroxylation is 1. The predicted molar refractivity (Wildman–Crippen MR) is 135 cm³/mol. The summed E-state index contributed by atoms with van der Waals surface area (Å²) in [6.45, 7) is 6.24. The lowest BCUT2D eigenvalue weighted by atomic mass is 10.1. The number of methoxy groups -OCH3 is 1. The summed E-state index contributed by atoms with van der Waals surface area (Å²) in [7, 11) is 1.66. The van der Waals surface area contributed by atoms with Gasteiger partial charge in [-0.25, -0.2) is 4.98 Å². The Morgan fingerprint density at radius 3 is 2.74 bits per heavy atom. The van der Waals surface area contributed by atoms with Gasteiger partial charge in [0.05, 0.1) is 12.0 Å². The van der Waals surface area contributed by atoms with Gasteiger partial charge in [-0.3, -0.25) is 19.8 Å². The van der Waals surface area contributed by atoms with Crippen LogP contribution >= 0.6 is 11.5 Å². The van der Waals surface area contributed by atoms with Crippen LogP contribution in [0.3, 0.4) is 0 Å². The molecule has 1 saturated heterocycles. The maximum atomic E-state index is 12.4. The number of carbonyl (C=O) groups excluding carboxylic acids is 1. The highest BCUT2D eigenvalue weighted by Crippen LogP contribution is 2.22. The van der Waals surface area contributed by atoms with Gasteiger partial charge in [-0.15, -0.1) is 0 Å². The van der Waals surface area contributed by atoms with Crippen LogP contribution in [-0.2, 0) is 6.42 Å². The molecule has 1 aliphatic rings. The molecule has 11 heteroatoms. The molecule has 35 heavy (non-hydrogen) atoms. The van der Waals surface area contributed by atoms with Crippen molar-refractivity contribution < 1.29 is 14.5 Å². The number of nitrogens with one attached hydrogen (secondary N) is 1. The van der Waals surface area contributed by atoms with Crippen LogP contribution in [0.1, 0.15) is 27.3 Å². The fourth-order valence-electron chi connectivity index (χ4n) is 3.95. The third kappa shape index (κ3) is 6.31. The van der Waals surface area contributed by atoms with Crippen LogP contribution in [0.5, 0.6) is 5.75 Å². The SMILES string of the molecule is COc1cccc(Cc2nsc(N3CCN(CCNC(=O)c4ccc(C)c([N+](=O)[O-])c4)CC3)n2)c1. The van der Waals surface area contributed by atoms with Gasteiger partial charge in [-0.05, 0) is 30.7 Å². The van der Waals surface area contributed by atoms with E-state index in [0.717, 1.165) is 48.4 Å². The van der Waals surface area contributed by atoms with Gasteiger partial charge in [0.2, 0.25) is 5.13 Å².